The van der Waals surface area contributed by atoms with Gasteiger partial charge in [0.05, 0.1) is 10.7 Å². The second-order valence-electron chi connectivity index (χ2n) is 4.92. The lowest BCUT2D eigenvalue weighted by Gasteiger charge is -2.16. The number of carbonyl (C=O) groups excluding carboxylic acids is 1. The van der Waals surface area contributed by atoms with Crippen molar-refractivity contribution >= 4 is 52.4 Å². The molecule has 0 radical (unpaired) electrons. The molecule has 0 spiro atoms. The van der Waals surface area contributed by atoms with Crippen LogP contribution in [0.1, 0.15) is 10.4 Å². The Morgan fingerprint density at radius 3 is 2.43 bits per heavy atom. The second kappa shape index (κ2) is 6.79. The zero-order valence-electron chi connectivity index (χ0n) is 11.9. The lowest BCUT2D eigenvalue weighted by molar-refractivity contribution is 0.0859. The van der Waals surface area contributed by atoms with Crippen LogP contribution in [0.3, 0.4) is 0 Å². The number of nitrogens with zero attached hydrogens (tertiary/aromatic N) is 2. The summed E-state index contributed by atoms with van der Waals surface area (Å²) in [6.07, 6.45) is 0. The molecule has 1 N–H and O–H groups in total. The molecule has 118 valence electrons. The Hall–Kier alpha value is -1.75. The van der Waals surface area contributed by atoms with Crippen molar-refractivity contribution in [3.8, 4) is 0 Å². The predicted octanol–water partition coefficient (Wildman–Crippen LogP) is 4.38. The fourth-order valence-electron chi connectivity index (χ4n) is 2.21. The number of aliphatic imine (C=N–C) groups is 1. The number of rotatable bonds is 2. The van der Waals surface area contributed by atoms with Crippen LogP contribution >= 0.6 is 34.8 Å². The first-order valence-electron chi connectivity index (χ1n) is 6.89. The largest absolute Gasteiger partial charge is 0.354 e. The molecular formula is C16H12Cl3N3O. The number of hydrogen-bond acceptors (Lipinski definition) is 2. The lowest BCUT2D eigenvalue weighted by Crippen LogP contribution is -2.35. The standard InChI is InChI=1S/C16H12Cl3N3O/c17-11-3-1-10(2-4-11)15(23)22-8-7-20-16(22)21-14-6-5-12(18)9-13(14)19/h1-6,9H,7-8H2,(H,20,21). The highest BCUT2D eigenvalue weighted by molar-refractivity contribution is 6.36. The van der Waals surface area contributed by atoms with Crippen LogP contribution in [0.4, 0.5) is 5.69 Å². The van der Waals surface area contributed by atoms with Gasteiger partial charge in [-0.1, -0.05) is 34.8 Å². The summed E-state index contributed by atoms with van der Waals surface area (Å²) in [5, 5.41) is 4.65. The highest BCUT2D eigenvalue weighted by Crippen LogP contribution is 2.28. The minimum Gasteiger partial charge on any atom is -0.354 e. The van der Waals surface area contributed by atoms with Crippen LogP contribution in [0, 0.1) is 0 Å². The van der Waals surface area contributed by atoms with Gasteiger partial charge in [-0.25, -0.2) is 4.99 Å². The Morgan fingerprint density at radius 2 is 1.74 bits per heavy atom. The first kappa shape index (κ1) is 16.1. The summed E-state index contributed by atoms with van der Waals surface area (Å²) in [5.41, 5.74) is 1.10. The van der Waals surface area contributed by atoms with Gasteiger partial charge in [-0.3, -0.25) is 9.69 Å². The fourth-order valence-corrected chi connectivity index (χ4v) is 2.79. The average Bonchev–Trinajstić information content (AvgIpc) is 2.98. The molecular weight excluding hydrogens is 357 g/mol. The molecule has 1 aliphatic heterocycles. The molecule has 1 fully saturated rings. The predicted molar refractivity (Wildman–Crippen MR) is 94.0 cm³/mol. The van der Waals surface area contributed by atoms with Crippen LogP contribution in [0.25, 0.3) is 0 Å². The lowest BCUT2D eigenvalue weighted by atomic mass is 10.2. The van der Waals surface area contributed by atoms with Crippen molar-refractivity contribution in [1.82, 2.24) is 10.2 Å². The van der Waals surface area contributed by atoms with Crippen LogP contribution in [-0.2, 0) is 0 Å². The van der Waals surface area contributed by atoms with Crippen LogP contribution in [0.2, 0.25) is 15.1 Å². The summed E-state index contributed by atoms with van der Waals surface area (Å²) < 4.78 is 0. The van der Waals surface area contributed by atoms with Gasteiger partial charge >= 0.3 is 0 Å². The highest BCUT2D eigenvalue weighted by Gasteiger charge is 2.26. The minimum absolute atomic E-state index is 0.143. The van der Waals surface area contributed by atoms with Gasteiger partial charge in [0.15, 0.2) is 0 Å². The van der Waals surface area contributed by atoms with Crippen molar-refractivity contribution in [2.45, 2.75) is 0 Å². The zero-order valence-corrected chi connectivity index (χ0v) is 14.2. The molecule has 7 heteroatoms. The van der Waals surface area contributed by atoms with Gasteiger partial charge in [-0.05, 0) is 42.5 Å². The van der Waals surface area contributed by atoms with Crippen molar-refractivity contribution in [3.05, 3.63) is 63.1 Å². The molecule has 23 heavy (non-hydrogen) atoms. The van der Waals surface area contributed by atoms with Gasteiger partial charge in [-0.2, -0.15) is 0 Å². The number of hydrogen-bond donors (Lipinski definition) is 1. The summed E-state index contributed by atoms with van der Waals surface area (Å²) in [6.45, 7) is 1.16. The zero-order chi connectivity index (χ0) is 16.4. The van der Waals surface area contributed by atoms with E-state index in [9.17, 15) is 4.79 Å². The van der Waals surface area contributed by atoms with E-state index in [-0.39, 0.29) is 5.91 Å². The molecule has 0 aliphatic carbocycles. The van der Waals surface area contributed by atoms with E-state index in [4.69, 9.17) is 34.8 Å². The first-order valence-corrected chi connectivity index (χ1v) is 8.03. The van der Waals surface area contributed by atoms with Crippen LogP contribution in [0.15, 0.2) is 47.5 Å². The Kier molecular flexibility index (Phi) is 4.76. The van der Waals surface area contributed by atoms with E-state index in [1.165, 1.54) is 0 Å². The van der Waals surface area contributed by atoms with E-state index in [1.54, 1.807) is 47.4 Å². The topological polar surface area (TPSA) is 44.7 Å². The molecule has 1 saturated heterocycles. The Bertz CT molecular complexity index is 775. The summed E-state index contributed by atoms with van der Waals surface area (Å²) in [7, 11) is 0. The maximum atomic E-state index is 12.6. The molecule has 0 aromatic heterocycles. The number of amides is 1. The van der Waals surface area contributed by atoms with Crippen molar-refractivity contribution in [1.29, 1.82) is 0 Å². The van der Waals surface area contributed by atoms with Gasteiger partial charge in [0, 0.05) is 28.7 Å². The molecule has 1 amide bonds. The minimum atomic E-state index is -0.143. The molecule has 0 bridgehead atoms. The third-order valence-corrected chi connectivity index (χ3v) is 4.14. The van der Waals surface area contributed by atoms with E-state index in [1.807, 2.05) is 0 Å². The van der Waals surface area contributed by atoms with Gasteiger partial charge in [0.1, 0.15) is 0 Å². The van der Waals surface area contributed by atoms with Crippen molar-refractivity contribution in [2.24, 2.45) is 4.99 Å². The summed E-state index contributed by atoms with van der Waals surface area (Å²) in [5.74, 6) is 0.324. The SMILES string of the molecule is O=C(c1ccc(Cl)cc1)N1CCNC1=Nc1ccc(Cl)cc1Cl. The van der Waals surface area contributed by atoms with Crippen LogP contribution in [0.5, 0.6) is 0 Å². The van der Waals surface area contributed by atoms with E-state index >= 15 is 0 Å². The molecule has 2 aromatic rings. The first-order chi connectivity index (χ1) is 11.0. The van der Waals surface area contributed by atoms with Crippen molar-refractivity contribution < 1.29 is 4.79 Å². The van der Waals surface area contributed by atoms with Crippen molar-refractivity contribution in [3.63, 3.8) is 0 Å². The Morgan fingerprint density at radius 1 is 1.04 bits per heavy atom. The number of nitrogens with one attached hydrogen (secondary N) is 1. The summed E-state index contributed by atoms with van der Waals surface area (Å²) >= 11 is 17.9. The molecule has 3 rings (SSSR count). The summed E-state index contributed by atoms with van der Waals surface area (Å²) in [6, 6.07) is 11.8. The normalized spacial score (nSPS) is 15.8. The molecule has 0 atom stereocenters. The van der Waals surface area contributed by atoms with E-state index in [2.05, 4.69) is 10.3 Å². The molecule has 0 unspecified atom stereocenters. The number of halogens is 3. The van der Waals surface area contributed by atoms with Gasteiger partial charge in [-0.15, -0.1) is 0 Å². The van der Waals surface area contributed by atoms with E-state index in [0.717, 1.165) is 0 Å². The second-order valence-corrected chi connectivity index (χ2v) is 6.20. The number of carbonyl (C=O) groups is 1. The van der Waals surface area contributed by atoms with Crippen molar-refractivity contribution in [2.75, 3.05) is 13.1 Å². The molecule has 2 aromatic carbocycles. The Balaban J connectivity index is 1.89. The molecule has 1 heterocycles. The van der Waals surface area contributed by atoms with E-state index < -0.39 is 0 Å². The molecule has 0 saturated carbocycles. The Labute approximate surface area is 148 Å². The quantitative estimate of drug-likeness (QED) is 0.855. The smallest absolute Gasteiger partial charge is 0.260 e. The third kappa shape index (κ3) is 3.61. The maximum Gasteiger partial charge on any atom is 0.260 e. The average molecular weight is 369 g/mol. The third-order valence-electron chi connectivity index (χ3n) is 3.35. The summed E-state index contributed by atoms with van der Waals surface area (Å²) in [4.78, 5) is 18.6. The fraction of sp³-hybridized carbons (Fsp3) is 0.125. The number of guanidine groups is 1. The number of benzene rings is 2. The monoisotopic (exact) mass is 367 g/mol. The van der Waals surface area contributed by atoms with Gasteiger partial charge < -0.3 is 5.32 Å². The highest BCUT2D eigenvalue weighted by atomic mass is 35.5. The van der Waals surface area contributed by atoms with Crippen LogP contribution < -0.4 is 5.32 Å². The van der Waals surface area contributed by atoms with E-state index in [0.29, 0.717) is 45.4 Å². The van der Waals surface area contributed by atoms with Gasteiger partial charge in [0.25, 0.3) is 5.91 Å². The van der Waals surface area contributed by atoms with Gasteiger partial charge in [0.2, 0.25) is 5.96 Å². The van der Waals surface area contributed by atoms with Crippen LogP contribution in [-0.4, -0.2) is 29.9 Å². The molecule has 1 aliphatic rings. The maximum absolute atomic E-state index is 12.6. The molecule has 4 nitrogen and oxygen atoms in total.